The van der Waals surface area contributed by atoms with Crippen molar-refractivity contribution < 1.29 is 0 Å². The summed E-state index contributed by atoms with van der Waals surface area (Å²) in [7, 11) is 5.53. The van der Waals surface area contributed by atoms with Crippen molar-refractivity contribution in [2.24, 2.45) is 12.0 Å². The molecule has 21 heavy (non-hydrogen) atoms. The van der Waals surface area contributed by atoms with Gasteiger partial charge in [-0.15, -0.1) is 0 Å². The molecule has 3 N–H and O–H groups in total. The van der Waals surface area contributed by atoms with E-state index < -0.39 is 0 Å². The van der Waals surface area contributed by atoms with Gasteiger partial charge in [0.1, 0.15) is 11.2 Å². The number of aromatic amines is 1. The lowest BCUT2D eigenvalue weighted by Crippen LogP contribution is -2.14. The molecule has 3 heterocycles. The molecule has 0 radical (unpaired) electrons. The van der Waals surface area contributed by atoms with Crippen LogP contribution < -0.4 is 10.6 Å². The molecule has 3 aromatic rings. The Hall–Kier alpha value is -2.90. The summed E-state index contributed by atoms with van der Waals surface area (Å²) >= 11 is 0. The normalized spacial score (nSPS) is 11.6. The second kappa shape index (κ2) is 4.89. The fourth-order valence-corrected chi connectivity index (χ4v) is 1.99. The number of rotatable bonds is 3. The first-order valence-electron chi connectivity index (χ1n) is 6.41. The van der Waals surface area contributed by atoms with Gasteiger partial charge < -0.3 is 15.6 Å². The Bertz CT molecular complexity index is 797. The number of hydrogen-bond acceptors (Lipinski definition) is 6. The molecule has 0 aliphatic carbocycles. The minimum atomic E-state index is 0.371. The van der Waals surface area contributed by atoms with Crippen LogP contribution in [0, 0.1) is 0 Å². The summed E-state index contributed by atoms with van der Waals surface area (Å²) in [4.78, 5) is 17.9. The smallest absolute Gasteiger partial charge is 0.228 e. The van der Waals surface area contributed by atoms with Crippen molar-refractivity contribution in [3.63, 3.8) is 0 Å². The predicted molar refractivity (Wildman–Crippen MR) is 83.1 cm³/mol. The third-order valence-corrected chi connectivity index (χ3v) is 3.03. The van der Waals surface area contributed by atoms with Gasteiger partial charge in [0, 0.05) is 27.3 Å². The third kappa shape index (κ3) is 2.31. The summed E-state index contributed by atoms with van der Waals surface area (Å²) in [6, 6.07) is 3.82. The summed E-state index contributed by atoms with van der Waals surface area (Å²) < 4.78 is 1.65. The highest BCUT2D eigenvalue weighted by Gasteiger charge is 2.15. The van der Waals surface area contributed by atoms with Crippen LogP contribution in [0.2, 0.25) is 0 Å². The van der Waals surface area contributed by atoms with Crippen molar-refractivity contribution in [2.45, 2.75) is 0 Å². The van der Waals surface area contributed by atoms with Gasteiger partial charge in [-0.05, 0) is 12.1 Å². The van der Waals surface area contributed by atoms with Crippen molar-refractivity contribution in [1.29, 1.82) is 0 Å². The van der Waals surface area contributed by atoms with Gasteiger partial charge >= 0.3 is 0 Å². The lowest BCUT2D eigenvalue weighted by molar-refractivity contribution is 0.785. The highest BCUT2D eigenvalue weighted by molar-refractivity contribution is 5.97. The second-order valence-electron chi connectivity index (χ2n) is 4.83. The molecule has 0 aliphatic heterocycles. The summed E-state index contributed by atoms with van der Waals surface area (Å²) in [5.74, 6) is 1.42. The van der Waals surface area contributed by atoms with Crippen LogP contribution in [0.15, 0.2) is 23.3 Å². The monoisotopic (exact) mass is 284 g/mol. The van der Waals surface area contributed by atoms with Gasteiger partial charge in [0.15, 0.2) is 11.5 Å². The molecule has 0 unspecified atom stereocenters. The molecule has 0 bridgehead atoms. The number of hydrogen-bond donors (Lipinski definition) is 2. The van der Waals surface area contributed by atoms with Crippen molar-refractivity contribution in [1.82, 2.24) is 24.7 Å². The Balaban J connectivity index is 2.12. The molecule has 8 nitrogen and oxygen atoms in total. The Labute approximate surface area is 121 Å². The van der Waals surface area contributed by atoms with Gasteiger partial charge in [-0.2, -0.15) is 15.1 Å². The molecule has 108 valence electrons. The number of fused-ring (bicyclic) bond motifs is 1. The van der Waals surface area contributed by atoms with Crippen LogP contribution in [0.25, 0.3) is 11.0 Å². The molecule has 0 amide bonds. The Morgan fingerprint density at radius 2 is 2.19 bits per heavy atom. The van der Waals surface area contributed by atoms with Crippen LogP contribution in [-0.2, 0) is 7.05 Å². The standard InChI is InChI=1S/C13H16N8/c1-20(2)13-17-10(14)9-11(19-21(3)12(9)18-13)16-7-8-5-4-6-15-8/h4-7,15H,1-3H3,(H2,14,17,18). The van der Waals surface area contributed by atoms with E-state index >= 15 is 0 Å². The summed E-state index contributed by atoms with van der Waals surface area (Å²) in [6.45, 7) is 0. The molecule has 3 rings (SSSR count). The van der Waals surface area contributed by atoms with Crippen molar-refractivity contribution in [3.05, 3.63) is 24.0 Å². The SMILES string of the molecule is CN(C)c1nc(N)c2c(N=Cc3ccc[nH]3)nn(C)c2n1. The van der Waals surface area contributed by atoms with Gasteiger partial charge in [0.2, 0.25) is 5.95 Å². The van der Waals surface area contributed by atoms with E-state index in [1.165, 1.54) is 0 Å². The van der Waals surface area contributed by atoms with E-state index in [1.54, 1.807) is 15.8 Å². The highest BCUT2D eigenvalue weighted by Crippen LogP contribution is 2.29. The Morgan fingerprint density at radius 3 is 2.86 bits per heavy atom. The highest BCUT2D eigenvalue weighted by atomic mass is 15.3. The zero-order valence-electron chi connectivity index (χ0n) is 12.1. The lowest BCUT2D eigenvalue weighted by atomic mass is 10.3. The first kappa shape index (κ1) is 13.1. The van der Waals surface area contributed by atoms with E-state index in [0.717, 1.165) is 5.69 Å². The van der Waals surface area contributed by atoms with Crippen LogP contribution >= 0.6 is 0 Å². The van der Waals surface area contributed by atoms with Crippen molar-refractivity contribution in [3.8, 4) is 0 Å². The van der Waals surface area contributed by atoms with E-state index in [1.807, 2.05) is 39.5 Å². The second-order valence-corrected chi connectivity index (χ2v) is 4.83. The van der Waals surface area contributed by atoms with Crippen LogP contribution in [-0.4, -0.2) is 45.0 Å². The fourth-order valence-electron chi connectivity index (χ4n) is 1.99. The van der Waals surface area contributed by atoms with Crippen LogP contribution in [0.3, 0.4) is 0 Å². The molecule has 8 heteroatoms. The number of aryl methyl sites for hydroxylation is 1. The van der Waals surface area contributed by atoms with Gasteiger partial charge in [0.05, 0.1) is 11.9 Å². The largest absolute Gasteiger partial charge is 0.383 e. The summed E-state index contributed by atoms with van der Waals surface area (Å²) in [5, 5.41) is 5.01. The zero-order valence-corrected chi connectivity index (χ0v) is 12.1. The number of nitrogens with one attached hydrogen (secondary N) is 1. The fraction of sp³-hybridized carbons (Fsp3) is 0.231. The molecule has 0 spiro atoms. The molecule has 0 atom stereocenters. The lowest BCUT2D eigenvalue weighted by Gasteiger charge is -2.10. The average Bonchev–Trinajstić information content (AvgIpc) is 3.05. The number of anilines is 2. The molecule has 0 aromatic carbocycles. The molecule has 0 saturated heterocycles. The van der Waals surface area contributed by atoms with Crippen molar-refractivity contribution >= 4 is 34.8 Å². The maximum absolute atomic E-state index is 6.05. The number of nitrogen functional groups attached to an aromatic ring is 1. The van der Waals surface area contributed by atoms with Gasteiger partial charge in [-0.25, -0.2) is 9.67 Å². The number of aromatic nitrogens is 5. The Morgan fingerprint density at radius 1 is 1.38 bits per heavy atom. The van der Waals surface area contributed by atoms with Crippen LogP contribution in [0.5, 0.6) is 0 Å². The molecule has 0 saturated carbocycles. The van der Waals surface area contributed by atoms with Crippen LogP contribution in [0.1, 0.15) is 5.69 Å². The van der Waals surface area contributed by atoms with E-state index in [2.05, 4.69) is 25.0 Å². The third-order valence-electron chi connectivity index (χ3n) is 3.03. The summed E-state index contributed by atoms with van der Waals surface area (Å²) in [6.07, 6.45) is 3.53. The quantitative estimate of drug-likeness (QED) is 0.701. The molecule has 3 aromatic heterocycles. The minimum absolute atomic E-state index is 0.371. The maximum atomic E-state index is 6.05. The van der Waals surface area contributed by atoms with Gasteiger partial charge in [0.25, 0.3) is 0 Å². The van der Waals surface area contributed by atoms with E-state index in [-0.39, 0.29) is 0 Å². The first-order valence-corrected chi connectivity index (χ1v) is 6.41. The molecular weight excluding hydrogens is 268 g/mol. The van der Waals surface area contributed by atoms with Gasteiger partial charge in [-0.3, -0.25) is 0 Å². The van der Waals surface area contributed by atoms with Crippen molar-refractivity contribution in [2.75, 3.05) is 24.7 Å². The van der Waals surface area contributed by atoms with E-state index in [0.29, 0.717) is 28.6 Å². The minimum Gasteiger partial charge on any atom is -0.383 e. The zero-order chi connectivity index (χ0) is 15.0. The average molecular weight is 284 g/mol. The molecular formula is C13H16N8. The van der Waals surface area contributed by atoms with E-state index in [4.69, 9.17) is 5.73 Å². The van der Waals surface area contributed by atoms with Gasteiger partial charge in [-0.1, -0.05) is 0 Å². The number of nitrogens with zero attached hydrogens (tertiary/aromatic N) is 6. The summed E-state index contributed by atoms with van der Waals surface area (Å²) in [5.41, 5.74) is 7.59. The first-order chi connectivity index (χ1) is 10.1. The predicted octanol–water partition coefficient (Wildman–Crippen LogP) is 1.09. The number of nitrogens with two attached hydrogens (primary N) is 1. The number of aliphatic imine (C=N–C) groups is 1. The topological polar surface area (TPSA) is 101 Å². The Kier molecular flexibility index (Phi) is 3.05. The van der Waals surface area contributed by atoms with Crippen LogP contribution in [0.4, 0.5) is 17.6 Å². The molecule has 0 fully saturated rings. The molecule has 0 aliphatic rings. The van der Waals surface area contributed by atoms with E-state index in [9.17, 15) is 0 Å². The maximum Gasteiger partial charge on any atom is 0.228 e. The number of H-pyrrole nitrogens is 1.